The van der Waals surface area contributed by atoms with E-state index in [2.05, 4.69) is 5.32 Å². The lowest BCUT2D eigenvalue weighted by atomic mass is 10.0. The van der Waals surface area contributed by atoms with Crippen molar-refractivity contribution in [2.75, 3.05) is 7.05 Å². The first-order valence-electron chi connectivity index (χ1n) is 10.8. The molecule has 0 heterocycles. The van der Waals surface area contributed by atoms with Crippen LogP contribution in [0, 0.1) is 0 Å². The molecule has 0 saturated carbocycles. The first-order valence-corrected chi connectivity index (χ1v) is 10.8. The van der Waals surface area contributed by atoms with Crippen LogP contribution < -0.4 is 5.32 Å². The van der Waals surface area contributed by atoms with Crippen LogP contribution in [0.2, 0.25) is 0 Å². The summed E-state index contributed by atoms with van der Waals surface area (Å²) in [6, 6.07) is 11.5. The number of hydrogen-bond donors (Lipinski definition) is 1. The van der Waals surface area contributed by atoms with Crippen LogP contribution >= 0.6 is 0 Å². The van der Waals surface area contributed by atoms with E-state index in [0.29, 0.717) is 18.4 Å². The van der Waals surface area contributed by atoms with Crippen molar-refractivity contribution in [3.05, 3.63) is 59.7 Å². The molecule has 1 N–H and O–H groups in total. The zero-order chi connectivity index (χ0) is 24.8. The smallest absolute Gasteiger partial charge is 0.416 e. The van der Waals surface area contributed by atoms with E-state index in [1.807, 2.05) is 6.92 Å². The summed E-state index contributed by atoms with van der Waals surface area (Å²) in [5.41, 5.74) is 0.915. The molecule has 0 spiro atoms. The van der Waals surface area contributed by atoms with Gasteiger partial charge in [-0.15, -0.1) is 0 Å². The second-order valence-electron chi connectivity index (χ2n) is 8.89. The maximum Gasteiger partial charge on any atom is 0.416 e. The Hall–Kier alpha value is -3.03. The van der Waals surface area contributed by atoms with E-state index < -0.39 is 29.5 Å². The molecule has 2 rings (SSSR count). The third kappa shape index (κ3) is 7.80. The molecule has 0 aliphatic heterocycles. The number of nitrogens with one attached hydrogen (secondary N) is 1. The Kier molecular flexibility index (Phi) is 8.52. The molecule has 180 valence electrons. The van der Waals surface area contributed by atoms with Crippen LogP contribution in [0.3, 0.4) is 0 Å². The molecule has 0 radical (unpaired) electrons. The molecule has 0 bridgehead atoms. The lowest BCUT2D eigenvalue weighted by Gasteiger charge is -2.30. The highest BCUT2D eigenvalue weighted by atomic mass is 19.4. The summed E-state index contributed by atoms with van der Waals surface area (Å²) < 4.78 is 43.6. The molecular weight excluding hydrogens is 433 g/mol. The number of halogens is 3. The normalized spacial score (nSPS) is 12.7. The minimum atomic E-state index is -4.37. The van der Waals surface area contributed by atoms with Gasteiger partial charge in [-0.05, 0) is 56.0 Å². The van der Waals surface area contributed by atoms with Crippen molar-refractivity contribution in [3.8, 4) is 11.1 Å². The number of benzene rings is 2. The molecular formula is C25H31F3N2O3. The lowest BCUT2D eigenvalue weighted by molar-refractivity contribution is -0.137. The highest BCUT2D eigenvalue weighted by Gasteiger charge is 2.30. The second kappa shape index (κ2) is 10.7. The molecule has 8 heteroatoms. The van der Waals surface area contributed by atoms with E-state index in [-0.39, 0.29) is 12.5 Å². The fourth-order valence-electron chi connectivity index (χ4n) is 3.21. The van der Waals surface area contributed by atoms with Crippen LogP contribution in [0.4, 0.5) is 18.0 Å². The first kappa shape index (κ1) is 26.2. The van der Waals surface area contributed by atoms with Crippen LogP contribution in [0.25, 0.3) is 11.1 Å². The molecule has 0 unspecified atom stereocenters. The van der Waals surface area contributed by atoms with Crippen molar-refractivity contribution in [3.63, 3.8) is 0 Å². The third-order valence-electron chi connectivity index (χ3n) is 4.98. The monoisotopic (exact) mass is 464 g/mol. The molecule has 0 aromatic heterocycles. The van der Waals surface area contributed by atoms with Crippen molar-refractivity contribution >= 4 is 12.0 Å². The largest absolute Gasteiger partial charge is 0.444 e. The molecule has 0 aliphatic rings. The van der Waals surface area contributed by atoms with Gasteiger partial charge in [-0.3, -0.25) is 9.69 Å². The standard InChI is InChI=1S/C25H31F3N2O3/c1-6-7-21(30(5)23(32)33-24(2,3)4)22(31)29-16-17-8-10-18(11-9-17)19-12-14-20(15-13-19)25(26,27)28/h8-15,21H,6-7,16H2,1-5H3,(H,29,31)/t21-/m0/s1. The van der Waals surface area contributed by atoms with Gasteiger partial charge in [0.05, 0.1) is 5.56 Å². The van der Waals surface area contributed by atoms with Gasteiger partial charge in [-0.1, -0.05) is 49.7 Å². The van der Waals surface area contributed by atoms with Crippen molar-refractivity contribution in [2.24, 2.45) is 0 Å². The minimum absolute atomic E-state index is 0.258. The zero-order valence-electron chi connectivity index (χ0n) is 19.6. The summed E-state index contributed by atoms with van der Waals surface area (Å²) in [4.78, 5) is 26.4. The van der Waals surface area contributed by atoms with Gasteiger partial charge in [-0.25, -0.2) is 4.79 Å². The van der Waals surface area contributed by atoms with Gasteiger partial charge in [0.1, 0.15) is 11.6 Å². The summed E-state index contributed by atoms with van der Waals surface area (Å²) in [7, 11) is 1.55. The summed E-state index contributed by atoms with van der Waals surface area (Å²) in [6.45, 7) is 7.49. The highest BCUT2D eigenvalue weighted by Crippen LogP contribution is 2.31. The number of carbonyl (C=O) groups excluding carboxylic acids is 2. The SMILES string of the molecule is CCC[C@@H](C(=O)NCc1ccc(-c2ccc(C(F)(F)F)cc2)cc1)N(C)C(=O)OC(C)(C)C. The molecule has 0 fully saturated rings. The van der Waals surface area contributed by atoms with Crippen LogP contribution in [-0.4, -0.2) is 35.6 Å². The molecule has 2 aromatic carbocycles. The van der Waals surface area contributed by atoms with Crippen molar-refractivity contribution < 1.29 is 27.5 Å². The van der Waals surface area contributed by atoms with Gasteiger partial charge in [0.2, 0.25) is 5.91 Å². The number of nitrogens with zero attached hydrogens (tertiary/aromatic N) is 1. The maximum atomic E-state index is 12.8. The Labute approximate surface area is 192 Å². The van der Waals surface area contributed by atoms with E-state index in [0.717, 1.165) is 23.3 Å². The van der Waals surface area contributed by atoms with E-state index in [9.17, 15) is 22.8 Å². The molecule has 2 aromatic rings. The lowest BCUT2D eigenvalue weighted by Crippen LogP contribution is -2.48. The Morgan fingerprint density at radius 3 is 1.94 bits per heavy atom. The van der Waals surface area contributed by atoms with Crippen molar-refractivity contribution in [1.82, 2.24) is 10.2 Å². The molecule has 2 amide bonds. The third-order valence-corrected chi connectivity index (χ3v) is 4.98. The Morgan fingerprint density at radius 1 is 0.970 bits per heavy atom. The Balaban J connectivity index is 2.01. The average molecular weight is 465 g/mol. The van der Waals surface area contributed by atoms with E-state index in [1.54, 1.807) is 52.1 Å². The number of amides is 2. The van der Waals surface area contributed by atoms with Gasteiger partial charge < -0.3 is 10.1 Å². The van der Waals surface area contributed by atoms with Crippen molar-refractivity contribution in [2.45, 2.75) is 64.9 Å². The van der Waals surface area contributed by atoms with Gasteiger partial charge in [0.15, 0.2) is 0 Å². The Bertz CT molecular complexity index is 933. The number of likely N-dealkylation sites (N-methyl/N-ethyl adjacent to an activating group) is 1. The summed E-state index contributed by atoms with van der Waals surface area (Å²) in [5.74, 6) is -0.281. The van der Waals surface area contributed by atoms with Gasteiger partial charge in [-0.2, -0.15) is 13.2 Å². The molecule has 0 saturated heterocycles. The van der Waals surface area contributed by atoms with Crippen LogP contribution in [0.15, 0.2) is 48.5 Å². The predicted molar refractivity (Wildman–Crippen MR) is 121 cm³/mol. The topological polar surface area (TPSA) is 58.6 Å². The van der Waals surface area contributed by atoms with Crippen molar-refractivity contribution in [1.29, 1.82) is 0 Å². The molecule has 33 heavy (non-hydrogen) atoms. The quantitative estimate of drug-likeness (QED) is 0.545. The summed E-state index contributed by atoms with van der Waals surface area (Å²) >= 11 is 0. The maximum absolute atomic E-state index is 12.8. The summed E-state index contributed by atoms with van der Waals surface area (Å²) in [5, 5.41) is 2.85. The van der Waals surface area contributed by atoms with E-state index in [1.165, 1.54) is 17.0 Å². The number of ether oxygens (including phenoxy) is 1. The number of carbonyl (C=O) groups is 2. The van der Waals surface area contributed by atoms with Crippen LogP contribution in [0.1, 0.15) is 51.7 Å². The fourth-order valence-corrected chi connectivity index (χ4v) is 3.21. The minimum Gasteiger partial charge on any atom is -0.444 e. The molecule has 1 atom stereocenters. The Morgan fingerprint density at radius 2 is 1.48 bits per heavy atom. The number of alkyl halides is 3. The van der Waals surface area contributed by atoms with Gasteiger partial charge in [0.25, 0.3) is 0 Å². The summed E-state index contributed by atoms with van der Waals surface area (Å²) in [6.07, 6.45) is -3.72. The number of hydrogen-bond acceptors (Lipinski definition) is 3. The second-order valence-corrected chi connectivity index (χ2v) is 8.89. The highest BCUT2D eigenvalue weighted by molar-refractivity contribution is 5.85. The molecule has 5 nitrogen and oxygen atoms in total. The first-order chi connectivity index (χ1) is 15.3. The van der Waals surface area contributed by atoms with E-state index >= 15 is 0 Å². The van der Waals surface area contributed by atoms with E-state index in [4.69, 9.17) is 4.74 Å². The predicted octanol–water partition coefficient (Wildman–Crippen LogP) is 6.02. The van der Waals surface area contributed by atoms with Crippen LogP contribution in [-0.2, 0) is 22.3 Å². The average Bonchev–Trinajstić information content (AvgIpc) is 2.74. The molecule has 0 aliphatic carbocycles. The fraction of sp³-hybridized carbons (Fsp3) is 0.440. The van der Waals surface area contributed by atoms with Gasteiger partial charge in [0, 0.05) is 13.6 Å². The zero-order valence-corrected chi connectivity index (χ0v) is 19.6. The van der Waals surface area contributed by atoms with Gasteiger partial charge >= 0.3 is 12.3 Å². The number of rotatable bonds is 7. The van der Waals surface area contributed by atoms with Crippen LogP contribution in [0.5, 0.6) is 0 Å².